The van der Waals surface area contributed by atoms with Gasteiger partial charge in [0.1, 0.15) is 12.6 Å². The first-order chi connectivity index (χ1) is 21.9. The smallest absolute Gasteiger partial charge is 0.227 e. The molecule has 0 amide bonds. The van der Waals surface area contributed by atoms with Crippen molar-refractivity contribution in [2.75, 3.05) is 11.9 Å². The molecule has 46 heavy (non-hydrogen) atoms. The van der Waals surface area contributed by atoms with Gasteiger partial charge in [-0.3, -0.25) is 4.79 Å². The Balaban J connectivity index is 1.32. The highest BCUT2D eigenvalue weighted by molar-refractivity contribution is 7.98. The molecule has 0 radical (unpaired) electrons. The first kappa shape index (κ1) is 32.2. The van der Waals surface area contributed by atoms with Crippen LogP contribution >= 0.6 is 23.4 Å². The molecule has 0 saturated carbocycles. The van der Waals surface area contributed by atoms with Crippen molar-refractivity contribution in [3.63, 3.8) is 0 Å². The molecule has 2 heterocycles. The number of rotatable bonds is 9. The summed E-state index contributed by atoms with van der Waals surface area (Å²) in [4.78, 5) is 18.6. The molecule has 1 aliphatic carbocycles. The number of fused-ring (bicyclic) bond motifs is 1. The Morgan fingerprint density at radius 1 is 1.02 bits per heavy atom. The highest BCUT2D eigenvalue weighted by Crippen LogP contribution is 2.47. The fraction of sp³-hybridized carbons (Fsp3) is 0.378. The van der Waals surface area contributed by atoms with Crippen LogP contribution in [0.15, 0.2) is 83.2 Å². The summed E-state index contributed by atoms with van der Waals surface area (Å²) in [5, 5.41) is 9.72. The average Bonchev–Trinajstić information content (AvgIpc) is 3.41. The van der Waals surface area contributed by atoms with Crippen LogP contribution in [0.2, 0.25) is 5.02 Å². The van der Waals surface area contributed by atoms with E-state index in [0.29, 0.717) is 53.0 Å². The minimum absolute atomic E-state index is 0.0930. The molecule has 0 fully saturated rings. The van der Waals surface area contributed by atoms with E-state index in [9.17, 15) is 4.79 Å². The van der Waals surface area contributed by atoms with E-state index in [-0.39, 0.29) is 16.6 Å². The van der Waals surface area contributed by atoms with E-state index >= 15 is 0 Å². The van der Waals surface area contributed by atoms with Gasteiger partial charge in [0.25, 0.3) is 0 Å². The number of ketones is 1. The third-order valence-electron chi connectivity index (χ3n) is 8.42. The maximum Gasteiger partial charge on any atom is 0.227 e. The number of Topliss-reactive ketones (excluding diaryl/α,β-unsaturated/α-hetero) is 1. The van der Waals surface area contributed by atoms with Crippen molar-refractivity contribution < 1.29 is 14.3 Å². The number of nitrogens with zero attached hydrogens (tertiary/aromatic N) is 3. The second kappa shape index (κ2) is 12.8. The van der Waals surface area contributed by atoms with Gasteiger partial charge >= 0.3 is 0 Å². The second-order valence-corrected chi connectivity index (χ2v) is 15.1. The summed E-state index contributed by atoms with van der Waals surface area (Å²) >= 11 is 7.93. The molecule has 1 unspecified atom stereocenters. The van der Waals surface area contributed by atoms with Gasteiger partial charge in [-0.15, -0.1) is 5.10 Å². The number of aromatic nitrogens is 3. The zero-order valence-electron chi connectivity index (χ0n) is 27.3. The summed E-state index contributed by atoms with van der Waals surface area (Å²) in [7, 11) is 0. The maximum atomic E-state index is 13.8. The van der Waals surface area contributed by atoms with Crippen molar-refractivity contribution in [1.82, 2.24) is 14.8 Å². The van der Waals surface area contributed by atoms with E-state index in [0.717, 1.165) is 34.4 Å². The summed E-state index contributed by atoms with van der Waals surface area (Å²) in [6, 6.07) is 21.8. The summed E-state index contributed by atoms with van der Waals surface area (Å²) in [6.07, 6.45) is 1.21. The first-order valence-corrected chi connectivity index (χ1v) is 17.1. The van der Waals surface area contributed by atoms with Crippen molar-refractivity contribution in [1.29, 1.82) is 0 Å². The number of anilines is 1. The second-order valence-electron chi connectivity index (χ2n) is 13.8. The van der Waals surface area contributed by atoms with Crippen LogP contribution in [0.5, 0.6) is 11.5 Å². The van der Waals surface area contributed by atoms with Gasteiger partial charge in [0.2, 0.25) is 11.1 Å². The molecule has 4 aromatic rings. The molecule has 3 aromatic carbocycles. The largest absolute Gasteiger partial charge is 0.490 e. The van der Waals surface area contributed by atoms with E-state index in [4.69, 9.17) is 31.2 Å². The van der Waals surface area contributed by atoms with Gasteiger partial charge in [0.05, 0.1) is 6.61 Å². The van der Waals surface area contributed by atoms with E-state index in [2.05, 4.69) is 64.2 Å². The van der Waals surface area contributed by atoms with Gasteiger partial charge in [0, 0.05) is 28.5 Å². The third kappa shape index (κ3) is 6.83. The van der Waals surface area contributed by atoms with Crippen LogP contribution in [0.3, 0.4) is 0 Å². The summed E-state index contributed by atoms with van der Waals surface area (Å²) in [6.45, 7) is 13.7. The van der Waals surface area contributed by atoms with Crippen molar-refractivity contribution in [2.45, 2.75) is 83.4 Å². The molecule has 9 heteroatoms. The Kier molecular flexibility index (Phi) is 8.96. The number of carbonyl (C=O) groups is 1. The van der Waals surface area contributed by atoms with Gasteiger partial charge in [0.15, 0.2) is 17.3 Å². The Bertz CT molecular complexity index is 1790. The van der Waals surface area contributed by atoms with Crippen LogP contribution in [0.1, 0.15) is 82.7 Å². The topological polar surface area (TPSA) is 78.3 Å². The van der Waals surface area contributed by atoms with Crippen LogP contribution in [-0.2, 0) is 22.6 Å². The molecule has 240 valence electrons. The lowest BCUT2D eigenvalue weighted by molar-refractivity contribution is -0.118. The third-order valence-corrected chi connectivity index (χ3v) is 9.68. The standard InChI is InChI=1S/C37H41ClN4O3S/c1-7-44-31-18-24(14-17-30(31)45-21-23-12-15-26(16-13-23)36(2,3)4)33-32-28(19-37(5,6)20-29(32)43)39-34-40-35(41-42(33)34)46-22-25-10-8-9-11-27(25)38/h8-18,33H,7,19-22H2,1-6H3,(H,39,40,41). The monoisotopic (exact) mass is 656 g/mol. The summed E-state index contributed by atoms with van der Waals surface area (Å²) in [5.74, 6) is 2.65. The SMILES string of the molecule is CCOc1cc(C2C3=C(CC(C)(C)CC3=O)Nc3nc(SCc4ccccc4Cl)nn32)ccc1OCc1ccc(C(C)(C)C)cc1. The fourth-order valence-corrected chi connectivity index (χ4v) is 7.18. The van der Waals surface area contributed by atoms with Gasteiger partial charge in [-0.25, -0.2) is 4.68 Å². The van der Waals surface area contributed by atoms with Crippen LogP contribution in [0.4, 0.5) is 5.95 Å². The minimum Gasteiger partial charge on any atom is -0.490 e. The number of hydrogen-bond donors (Lipinski definition) is 1. The molecule has 7 nitrogen and oxygen atoms in total. The average molecular weight is 657 g/mol. The quantitative estimate of drug-likeness (QED) is 0.180. The molecule has 2 aliphatic rings. The Morgan fingerprint density at radius 2 is 1.78 bits per heavy atom. The van der Waals surface area contributed by atoms with Crippen molar-refractivity contribution >= 4 is 35.1 Å². The molecule has 0 saturated heterocycles. The molecule has 1 atom stereocenters. The minimum atomic E-state index is -0.449. The van der Waals surface area contributed by atoms with E-state index in [1.165, 1.54) is 17.3 Å². The van der Waals surface area contributed by atoms with Crippen LogP contribution in [0, 0.1) is 5.41 Å². The van der Waals surface area contributed by atoms with Crippen LogP contribution < -0.4 is 14.8 Å². The number of thioether (sulfide) groups is 1. The van der Waals surface area contributed by atoms with Gasteiger partial charge in [-0.2, -0.15) is 4.98 Å². The summed E-state index contributed by atoms with van der Waals surface area (Å²) in [5.41, 5.74) is 5.85. The van der Waals surface area contributed by atoms with Gasteiger partial charge < -0.3 is 14.8 Å². The van der Waals surface area contributed by atoms with E-state index in [1.807, 2.05) is 54.1 Å². The molecular weight excluding hydrogens is 616 g/mol. The highest BCUT2D eigenvalue weighted by atomic mass is 35.5. The number of halogens is 1. The molecule has 0 bridgehead atoms. The predicted octanol–water partition coefficient (Wildman–Crippen LogP) is 9.16. The zero-order valence-corrected chi connectivity index (χ0v) is 28.9. The van der Waals surface area contributed by atoms with Gasteiger partial charge in [-0.05, 0) is 64.6 Å². The lowest BCUT2D eigenvalue weighted by atomic mass is 9.73. The van der Waals surface area contributed by atoms with Gasteiger partial charge in [-0.1, -0.05) is 107 Å². The lowest BCUT2D eigenvalue weighted by Crippen LogP contribution is -2.36. The number of hydrogen-bond acceptors (Lipinski definition) is 7. The lowest BCUT2D eigenvalue weighted by Gasteiger charge is -2.38. The molecule has 6 rings (SSSR count). The van der Waals surface area contributed by atoms with E-state index < -0.39 is 6.04 Å². The van der Waals surface area contributed by atoms with Crippen molar-refractivity contribution in [3.05, 3.63) is 105 Å². The number of nitrogens with one attached hydrogen (secondary N) is 1. The van der Waals surface area contributed by atoms with Crippen LogP contribution in [0.25, 0.3) is 0 Å². The van der Waals surface area contributed by atoms with Crippen molar-refractivity contribution in [3.8, 4) is 11.5 Å². The molecular formula is C37H41ClN4O3S. The Labute approximate surface area is 280 Å². The number of benzene rings is 3. The van der Waals surface area contributed by atoms with Crippen LogP contribution in [-0.4, -0.2) is 27.2 Å². The Morgan fingerprint density at radius 3 is 2.50 bits per heavy atom. The molecule has 1 aromatic heterocycles. The molecule has 1 N–H and O–H groups in total. The van der Waals surface area contributed by atoms with E-state index in [1.54, 1.807) is 0 Å². The number of ether oxygens (including phenoxy) is 2. The molecule has 0 spiro atoms. The highest BCUT2D eigenvalue weighted by Gasteiger charge is 2.42. The predicted molar refractivity (Wildman–Crippen MR) is 185 cm³/mol. The number of carbonyl (C=O) groups excluding carboxylic acids is 1. The van der Waals surface area contributed by atoms with Crippen molar-refractivity contribution in [2.24, 2.45) is 5.41 Å². The summed E-state index contributed by atoms with van der Waals surface area (Å²) < 4.78 is 14.2. The number of allylic oxidation sites excluding steroid dienone is 2. The fourth-order valence-electron chi connectivity index (χ4n) is 6.06. The Hall–Kier alpha value is -3.75. The molecule has 1 aliphatic heterocycles. The first-order valence-electron chi connectivity index (χ1n) is 15.8. The normalized spacial score (nSPS) is 17.3. The zero-order chi connectivity index (χ0) is 32.6. The maximum absolute atomic E-state index is 13.8.